The molecule has 3 rings (SSSR count). The van der Waals surface area contributed by atoms with Crippen LogP contribution in [0.5, 0.6) is 0 Å². The Hall–Kier alpha value is -1.59. The lowest BCUT2D eigenvalue weighted by Gasteiger charge is -2.08. The van der Waals surface area contributed by atoms with E-state index >= 15 is 0 Å². The molecule has 0 bridgehead atoms. The summed E-state index contributed by atoms with van der Waals surface area (Å²) in [6.07, 6.45) is 8.23. The fourth-order valence-electron chi connectivity index (χ4n) is 2.00. The Balaban J connectivity index is 0.000000363. The molecule has 0 spiro atoms. The lowest BCUT2D eigenvalue weighted by molar-refractivity contribution is -0.637. The Kier molecular flexibility index (Phi) is 7.99. The molecule has 21 heavy (non-hydrogen) atoms. The molecule has 1 saturated carbocycles. The number of hydrogen-bond donors (Lipinski definition) is 0. The van der Waals surface area contributed by atoms with Crippen LogP contribution in [0.25, 0.3) is 0 Å². The van der Waals surface area contributed by atoms with Crippen molar-refractivity contribution in [3.63, 3.8) is 0 Å². The summed E-state index contributed by atoms with van der Waals surface area (Å²) >= 11 is 0. The molecule has 1 aromatic rings. The summed E-state index contributed by atoms with van der Waals surface area (Å²) in [5.74, 6) is 0.840. The number of aromatic nitrogens is 3. The van der Waals surface area contributed by atoms with Crippen LogP contribution in [-0.2, 0) is 0 Å². The van der Waals surface area contributed by atoms with Gasteiger partial charge in [0.05, 0.1) is 11.3 Å². The van der Waals surface area contributed by atoms with E-state index in [4.69, 9.17) is 0 Å². The topological polar surface area (TPSA) is 58.4 Å². The molecule has 1 atom stereocenters. The Morgan fingerprint density at radius 1 is 1.14 bits per heavy atom. The average molecular weight is 295 g/mol. The van der Waals surface area contributed by atoms with Crippen LogP contribution < -0.4 is 0 Å². The Labute approximate surface area is 128 Å². The normalized spacial score (nSPS) is 19.5. The second-order valence-electron chi connectivity index (χ2n) is 5.63. The van der Waals surface area contributed by atoms with Crippen LogP contribution in [0.4, 0.5) is 0 Å². The van der Waals surface area contributed by atoms with Gasteiger partial charge in [-0.3, -0.25) is 4.68 Å². The first kappa shape index (κ1) is 19.4. The zero-order chi connectivity index (χ0) is 13.8. The van der Waals surface area contributed by atoms with Crippen molar-refractivity contribution in [2.24, 2.45) is 16.2 Å². The van der Waals surface area contributed by atoms with Crippen LogP contribution in [0.15, 0.2) is 22.7 Å². The molecule has 1 aromatic heterocycles. The molecule has 0 N–H and O–H groups in total. The molecule has 6 heteroatoms. The van der Waals surface area contributed by atoms with Gasteiger partial charge in [-0.1, -0.05) is 20.1 Å². The highest BCUT2D eigenvalue weighted by molar-refractivity contribution is 5.64. The standard InChI is InChI=1S/C8H14N3.C5H9N3.2CH4/c1-6(2)11-8(5-9-10-11)7-3-4-7;1-5(2)8-4-3-6-7-8;;/h5-8H,3-4H2,1-2H3;3-5H,1-2H3;2*1H4/q+1;;;. The van der Waals surface area contributed by atoms with E-state index in [0.717, 1.165) is 5.92 Å². The van der Waals surface area contributed by atoms with Crippen molar-refractivity contribution in [1.82, 2.24) is 15.0 Å². The highest BCUT2D eigenvalue weighted by Gasteiger charge is 2.40. The fraction of sp³-hybridized carbons (Fsp3) is 0.800. The first-order valence-electron chi connectivity index (χ1n) is 6.98. The van der Waals surface area contributed by atoms with Crippen molar-refractivity contribution in [3.8, 4) is 0 Å². The van der Waals surface area contributed by atoms with E-state index in [1.54, 1.807) is 10.9 Å². The zero-order valence-electron chi connectivity index (χ0n) is 12.1. The van der Waals surface area contributed by atoms with Crippen LogP contribution in [0.1, 0.15) is 61.4 Å². The van der Waals surface area contributed by atoms with E-state index in [1.165, 1.54) is 12.8 Å². The maximum Gasteiger partial charge on any atom is 0.191 e. The van der Waals surface area contributed by atoms with Gasteiger partial charge in [0.15, 0.2) is 12.3 Å². The number of nitrogens with zero attached hydrogens (tertiary/aromatic N) is 6. The lowest BCUT2D eigenvalue weighted by Crippen LogP contribution is -2.30. The van der Waals surface area contributed by atoms with Crippen molar-refractivity contribution in [3.05, 3.63) is 12.4 Å². The first-order valence-corrected chi connectivity index (χ1v) is 6.98. The van der Waals surface area contributed by atoms with Crippen LogP contribution >= 0.6 is 0 Å². The Morgan fingerprint density at radius 2 is 1.81 bits per heavy atom. The van der Waals surface area contributed by atoms with Gasteiger partial charge in [0.1, 0.15) is 11.3 Å². The van der Waals surface area contributed by atoms with E-state index in [0.29, 0.717) is 18.1 Å². The average Bonchev–Trinajstić information content (AvgIpc) is 2.91. The predicted molar refractivity (Wildman–Crippen MR) is 86.7 cm³/mol. The van der Waals surface area contributed by atoms with Crippen LogP contribution in [-0.4, -0.2) is 38.0 Å². The summed E-state index contributed by atoms with van der Waals surface area (Å²) in [7, 11) is 0. The molecule has 0 amide bonds. The quantitative estimate of drug-likeness (QED) is 0.797. The smallest absolute Gasteiger partial charge is 0.191 e. The van der Waals surface area contributed by atoms with E-state index in [2.05, 4.69) is 53.0 Å². The third kappa shape index (κ3) is 5.36. The monoisotopic (exact) mass is 295 g/mol. The lowest BCUT2D eigenvalue weighted by atomic mass is 10.2. The number of rotatable bonds is 3. The van der Waals surface area contributed by atoms with Crippen molar-refractivity contribution >= 4 is 6.21 Å². The van der Waals surface area contributed by atoms with Gasteiger partial charge >= 0.3 is 0 Å². The van der Waals surface area contributed by atoms with Crippen LogP contribution in [0, 0.1) is 5.92 Å². The molecule has 6 nitrogen and oxygen atoms in total. The van der Waals surface area contributed by atoms with E-state index < -0.39 is 0 Å². The molecule has 1 unspecified atom stereocenters. The van der Waals surface area contributed by atoms with Crippen LogP contribution in [0.3, 0.4) is 0 Å². The highest BCUT2D eigenvalue weighted by atomic mass is 15.5. The summed E-state index contributed by atoms with van der Waals surface area (Å²) in [5, 5.41) is 15.5. The summed E-state index contributed by atoms with van der Waals surface area (Å²) in [6, 6.07) is 1.43. The molecule has 120 valence electrons. The van der Waals surface area contributed by atoms with Gasteiger partial charge in [-0.15, -0.1) is 5.10 Å². The van der Waals surface area contributed by atoms with Crippen molar-refractivity contribution in [1.29, 1.82) is 0 Å². The second-order valence-corrected chi connectivity index (χ2v) is 5.63. The largest absolute Gasteiger partial charge is 0.250 e. The van der Waals surface area contributed by atoms with Gasteiger partial charge in [-0.25, -0.2) is 0 Å². The summed E-state index contributed by atoms with van der Waals surface area (Å²) in [6.45, 7) is 8.45. The molecule has 1 fully saturated rings. The second kappa shape index (κ2) is 8.64. The van der Waals surface area contributed by atoms with Gasteiger partial charge in [0, 0.05) is 18.2 Å². The first-order chi connectivity index (χ1) is 9.09. The predicted octanol–water partition coefficient (Wildman–Crippen LogP) is 3.77. The van der Waals surface area contributed by atoms with Gasteiger partial charge in [0.2, 0.25) is 0 Å². The fourth-order valence-corrected chi connectivity index (χ4v) is 2.00. The minimum atomic E-state index is 0. The summed E-state index contributed by atoms with van der Waals surface area (Å²) in [4.78, 5) is 0. The van der Waals surface area contributed by atoms with Gasteiger partial charge in [-0.05, 0) is 40.5 Å². The molecule has 1 aliphatic heterocycles. The van der Waals surface area contributed by atoms with Crippen molar-refractivity contribution < 1.29 is 4.70 Å². The van der Waals surface area contributed by atoms with E-state index in [-0.39, 0.29) is 14.9 Å². The molecular weight excluding hydrogens is 264 g/mol. The SMILES string of the molecule is C.C.CC(C)[N+]1=NN=CC1C1CC1.CC(C)n1ccnn1. The van der Waals surface area contributed by atoms with E-state index in [1.807, 2.05) is 12.4 Å². The van der Waals surface area contributed by atoms with E-state index in [9.17, 15) is 0 Å². The molecule has 0 saturated heterocycles. The van der Waals surface area contributed by atoms with Crippen molar-refractivity contribution in [2.75, 3.05) is 0 Å². The maximum atomic E-state index is 4.08. The van der Waals surface area contributed by atoms with Gasteiger partial charge in [0.25, 0.3) is 0 Å². The third-order valence-corrected chi connectivity index (χ3v) is 3.28. The zero-order valence-corrected chi connectivity index (χ0v) is 12.1. The minimum Gasteiger partial charge on any atom is -0.250 e. The molecule has 1 aliphatic carbocycles. The van der Waals surface area contributed by atoms with Gasteiger partial charge in [-0.2, -0.15) is 4.70 Å². The Bertz CT molecular complexity index is 443. The minimum absolute atomic E-state index is 0. The maximum absolute atomic E-state index is 4.08. The van der Waals surface area contributed by atoms with Gasteiger partial charge < -0.3 is 0 Å². The molecule has 0 aromatic carbocycles. The summed E-state index contributed by atoms with van der Waals surface area (Å²) in [5.41, 5.74) is 0. The molecule has 0 radical (unpaired) electrons. The third-order valence-electron chi connectivity index (χ3n) is 3.28. The summed E-state index contributed by atoms with van der Waals surface area (Å²) < 4.78 is 3.91. The number of hydrogen-bond acceptors (Lipinski definition) is 4. The van der Waals surface area contributed by atoms with Crippen LogP contribution in [0.2, 0.25) is 0 Å². The Morgan fingerprint density at radius 3 is 2.19 bits per heavy atom. The van der Waals surface area contributed by atoms with Crippen molar-refractivity contribution in [2.45, 2.75) is 73.5 Å². The molecule has 2 aliphatic rings. The molecular formula is C15H31N6+. The molecule has 2 heterocycles. The highest BCUT2D eigenvalue weighted by Crippen LogP contribution is 2.35.